The van der Waals surface area contributed by atoms with Crippen LogP contribution < -0.4 is 26.2 Å². The summed E-state index contributed by atoms with van der Waals surface area (Å²) in [6.07, 6.45) is 2.46. The summed E-state index contributed by atoms with van der Waals surface area (Å²) in [5, 5.41) is 10.3. The van der Waals surface area contributed by atoms with Crippen LogP contribution in [0.1, 0.15) is 24.3 Å². The number of anilines is 2. The smallest absolute Gasteiger partial charge is 0.414 e. The zero-order valence-electron chi connectivity index (χ0n) is 23.0. The van der Waals surface area contributed by atoms with Crippen LogP contribution in [0.5, 0.6) is 0 Å². The molecule has 0 saturated carbocycles. The van der Waals surface area contributed by atoms with Crippen LogP contribution in [-0.2, 0) is 14.3 Å². The summed E-state index contributed by atoms with van der Waals surface area (Å²) in [4.78, 5) is 58.2. The van der Waals surface area contributed by atoms with Crippen LogP contribution in [0.25, 0.3) is 5.78 Å². The summed E-state index contributed by atoms with van der Waals surface area (Å²) in [7, 11) is 1.18. The Labute approximate surface area is 238 Å². The molecule has 3 heterocycles. The van der Waals surface area contributed by atoms with Crippen molar-refractivity contribution in [2.24, 2.45) is 5.92 Å². The third-order valence-electron chi connectivity index (χ3n) is 6.30. The van der Waals surface area contributed by atoms with Gasteiger partial charge in [-0.25, -0.2) is 28.3 Å². The van der Waals surface area contributed by atoms with Gasteiger partial charge in [0.05, 0.1) is 25.9 Å². The SMILES string of the molecule is COC(=O)NC[C@H]1CN(c2cc(F)c(NCCNC(=O)[C@@H](NC(=O)c3cn4cccnc4n3)C(C)C)c(F)c2)C(=O)O1. The molecule has 0 radical (unpaired) electrons. The molecule has 0 unspecified atom stereocenters. The summed E-state index contributed by atoms with van der Waals surface area (Å²) in [6.45, 7) is 3.39. The van der Waals surface area contributed by atoms with Crippen LogP contribution in [-0.4, -0.2) is 83.8 Å². The number of imidazole rings is 1. The number of methoxy groups -OCH3 is 1. The summed E-state index contributed by atoms with van der Waals surface area (Å²) in [6, 6.07) is 2.74. The predicted molar refractivity (Wildman–Crippen MR) is 145 cm³/mol. The van der Waals surface area contributed by atoms with Crippen LogP contribution in [0.4, 0.5) is 29.7 Å². The molecule has 4 rings (SSSR count). The first-order valence-electron chi connectivity index (χ1n) is 13.0. The maximum absolute atomic E-state index is 14.8. The number of benzene rings is 1. The zero-order chi connectivity index (χ0) is 30.4. The largest absolute Gasteiger partial charge is 0.453 e. The maximum Gasteiger partial charge on any atom is 0.414 e. The number of aromatic nitrogens is 3. The van der Waals surface area contributed by atoms with Crippen molar-refractivity contribution in [2.45, 2.75) is 26.0 Å². The highest BCUT2D eigenvalue weighted by atomic mass is 19.1. The van der Waals surface area contributed by atoms with Crippen LogP contribution in [0, 0.1) is 17.6 Å². The molecule has 1 saturated heterocycles. The van der Waals surface area contributed by atoms with Crippen LogP contribution in [0.15, 0.2) is 36.8 Å². The summed E-state index contributed by atoms with van der Waals surface area (Å²) < 4.78 is 40.7. The molecule has 0 spiro atoms. The topological polar surface area (TPSA) is 168 Å². The Morgan fingerprint density at radius 1 is 1.17 bits per heavy atom. The number of nitrogens with one attached hydrogen (secondary N) is 4. The monoisotopic (exact) mass is 588 g/mol. The van der Waals surface area contributed by atoms with Crippen molar-refractivity contribution in [3.05, 3.63) is 54.1 Å². The third-order valence-corrected chi connectivity index (χ3v) is 6.30. The maximum atomic E-state index is 14.8. The molecular weight excluding hydrogens is 558 g/mol. The van der Waals surface area contributed by atoms with Gasteiger partial charge in [0.25, 0.3) is 5.91 Å². The molecule has 1 aliphatic heterocycles. The second-order valence-corrected chi connectivity index (χ2v) is 9.64. The number of carbonyl (C=O) groups excluding carboxylic acids is 4. The van der Waals surface area contributed by atoms with Crippen molar-refractivity contribution >= 4 is 41.2 Å². The lowest BCUT2D eigenvalue weighted by atomic mass is 10.0. The lowest BCUT2D eigenvalue weighted by Crippen LogP contribution is -2.50. The molecule has 1 fully saturated rings. The first kappa shape index (κ1) is 30.0. The molecule has 16 heteroatoms. The molecule has 1 aliphatic rings. The van der Waals surface area contributed by atoms with Gasteiger partial charge < -0.3 is 30.7 Å². The number of hydrogen-bond acceptors (Lipinski definition) is 9. The molecule has 0 bridgehead atoms. The minimum absolute atomic E-state index is 0.00976. The number of carbonyl (C=O) groups is 4. The van der Waals surface area contributed by atoms with Crippen LogP contribution >= 0.6 is 0 Å². The Hall–Kier alpha value is -5.02. The molecule has 2 atom stereocenters. The van der Waals surface area contributed by atoms with Crippen molar-refractivity contribution in [2.75, 3.05) is 43.5 Å². The third kappa shape index (κ3) is 7.00. The van der Waals surface area contributed by atoms with E-state index in [-0.39, 0.29) is 43.5 Å². The fourth-order valence-corrected chi connectivity index (χ4v) is 4.17. The first-order chi connectivity index (χ1) is 20.1. The number of ether oxygens (including phenoxy) is 2. The Morgan fingerprint density at radius 3 is 2.57 bits per heavy atom. The molecule has 0 aliphatic carbocycles. The standard InChI is InChI=1S/C26H30F2N8O6/c1-14(2)20(34-22(37)19-13-35-8-4-5-31-24(35)33-19)23(38)30-7-6-29-21-17(27)9-15(10-18(21)28)36-12-16(42-26(36)40)11-32-25(39)41-3/h4-5,8-10,13-14,16,20,29H,6-7,11-12H2,1-3H3,(H,30,38)(H,32,39)(H,34,37)/t16-,20-/m0/s1. The Balaban J connectivity index is 1.29. The van der Waals surface area contributed by atoms with E-state index in [4.69, 9.17) is 4.74 Å². The minimum atomic E-state index is -0.963. The molecular formula is C26H30F2N8O6. The number of cyclic esters (lactones) is 1. The normalized spacial score (nSPS) is 15.3. The average Bonchev–Trinajstić information content (AvgIpc) is 3.56. The van der Waals surface area contributed by atoms with Gasteiger partial charge in [-0.05, 0) is 12.0 Å². The number of rotatable bonds is 11. The zero-order valence-corrected chi connectivity index (χ0v) is 23.0. The second-order valence-electron chi connectivity index (χ2n) is 9.64. The van der Waals surface area contributed by atoms with E-state index in [1.807, 2.05) is 0 Å². The van der Waals surface area contributed by atoms with Gasteiger partial charge in [0.1, 0.15) is 23.5 Å². The molecule has 1 aromatic carbocycles. The van der Waals surface area contributed by atoms with Gasteiger partial charge in [-0.15, -0.1) is 0 Å². The predicted octanol–water partition coefficient (Wildman–Crippen LogP) is 1.67. The van der Waals surface area contributed by atoms with Gasteiger partial charge >= 0.3 is 12.2 Å². The molecule has 14 nitrogen and oxygen atoms in total. The van der Waals surface area contributed by atoms with Gasteiger partial charge in [-0.2, -0.15) is 0 Å². The van der Waals surface area contributed by atoms with E-state index in [1.165, 1.54) is 13.3 Å². The van der Waals surface area contributed by atoms with Gasteiger partial charge in [0.2, 0.25) is 11.7 Å². The highest BCUT2D eigenvalue weighted by Gasteiger charge is 2.33. The van der Waals surface area contributed by atoms with E-state index in [1.54, 1.807) is 36.7 Å². The quantitative estimate of drug-likeness (QED) is 0.244. The van der Waals surface area contributed by atoms with E-state index in [0.717, 1.165) is 17.0 Å². The first-order valence-corrected chi connectivity index (χ1v) is 13.0. The lowest BCUT2D eigenvalue weighted by Gasteiger charge is -2.21. The van der Waals surface area contributed by atoms with Crippen LogP contribution in [0.3, 0.4) is 0 Å². The van der Waals surface area contributed by atoms with Crippen molar-refractivity contribution in [3.8, 4) is 0 Å². The van der Waals surface area contributed by atoms with Crippen molar-refractivity contribution in [3.63, 3.8) is 0 Å². The Kier molecular flexibility index (Phi) is 9.34. The summed E-state index contributed by atoms with van der Waals surface area (Å²) in [5.41, 5.74) is -0.413. The number of halogens is 2. The van der Waals surface area contributed by atoms with Gasteiger partial charge in [0, 0.05) is 43.8 Å². The summed E-state index contributed by atoms with van der Waals surface area (Å²) in [5.74, 6) is -2.90. The van der Waals surface area contributed by atoms with Crippen molar-refractivity contribution in [1.82, 2.24) is 30.3 Å². The lowest BCUT2D eigenvalue weighted by molar-refractivity contribution is -0.123. The number of amides is 4. The van der Waals surface area contributed by atoms with E-state index >= 15 is 0 Å². The Bertz CT molecular complexity index is 1430. The molecule has 2 aromatic heterocycles. The fourth-order valence-electron chi connectivity index (χ4n) is 4.17. The van der Waals surface area contributed by atoms with Gasteiger partial charge in [-0.1, -0.05) is 13.8 Å². The van der Waals surface area contributed by atoms with Gasteiger partial charge in [0.15, 0.2) is 11.6 Å². The molecule has 3 aromatic rings. The highest BCUT2D eigenvalue weighted by Crippen LogP contribution is 2.28. The van der Waals surface area contributed by atoms with E-state index < -0.39 is 53.5 Å². The van der Waals surface area contributed by atoms with Crippen molar-refractivity contribution in [1.29, 1.82) is 0 Å². The van der Waals surface area contributed by atoms with Gasteiger partial charge in [-0.3, -0.25) is 18.9 Å². The molecule has 224 valence electrons. The fraction of sp³-hybridized carbons (Fsp3) is 0.385. The molecule has 42 heavy (non-hydrogen) atoms. The van der Waals surface area contributed by atoms with E-state index in [9.17, 15) is 28.0 Å². The summed E-state index contributed by atoms with van der Waals surface area (Å²) >= 11 is 0. The highest BCUT2D eigenvalue weighted by molar-refractivity contribution is 5.96. The van der Waals surface area contributed by atoms with E-state index in [2.05, 4.69) is 36.0 Å². The van der Waals surface area contributed by atoms with Crippen LogP contribution in [0.2, 0.25) is 0 Å². The molecule has 4 amide bonds. The van der Waals surface area contributed by atoms with Crippen molar-refractivity contribution < 1.29 is 37.4 Å². The average molecular weight is 589 g/mol. The second kappa shape index (κ2) is 13.1. The number of alkyl carbamates (subject to hydrolysis) is 1. The minimum Gasteiger partial charge on any atom is -0.453 e. The number of fused-ring (bicyclic) bond motifs is 1. The number of nitrogens with zero attached hydrogens (tertiary/aromatic N) is 4. The number of hydrogen-bond donors (Lipinski definition) is 4. The van der Waals surface area contributed by atoms with E-state index in [0.29, 0.717) is 5.78 Å². The Morgan fingerprint density at radius 2 is 1.90 bits per heavy atom. The molecule has 4 N–H and O–H groups in total.